The number of nitrogens with zero attached hydrogens (tertiary/aromatic N) is 5. The molecule has 0 radical (unpaired) electrons. The van der Waals surface area contributed by atoms with Crippen LogP contribution in [0.3, 0.4) is 0 Å². The molecule has 0 aliphatic carbocycles. The molecule has 0 amide bonds. The van der Waals surface area contributed by atoms with Crippen molar-refractivity contribution >= 4 is 16.9 Å². The smallest absolute Gasteiger partial charge is 0.247 e. The van der Waals surface area contributed by atoms with E-state index in [1.165, 1.54) is 0 Å². The third-order valence-corrected chi connectivity index (χ3v) is 5.25. The van der Waals surface area contributed by atoms with E-state index < -0.39 is 24.5 Å². The van der Waals surface area contributed by atoms with E-state index >= 15 is 0 Å². The first kappa shape index (κ1) is 18.0. The van der Waals surface area contributed by atoms with Gasteiger partial charge in [0.25, 0.3) is 0 Å². The van der Waals surface area contributed by atoms with E-state index in [-0.39, 0.29) is 0 Å². The fourth-order valence-corrected chi connectivity index (χ4v) is 3.74. The molecule has 0 unspecified atom stereocenters. The lowest BCUT2D eigenvalue weighted by molar-refractivity contribution is -0.0356. The van der Waals surface area contributed by atoms with Gasteiger partial charge in [-0.1, -0.05) is 37.3 Å². The molecule has 4 atom stereocenters. The van der Waals surface area contributed by atoms with Gasteiger partial charge < -0.3 is 19.7 Å². The van der Waals surface area contributed by atoms with Gasteiger partial charge in [0.1, 0.15) is 18.8 Å². The van der Waals surface area contributed by atoms with Crippen molar-refractivity contribution in [2.75, 3.05) is 0 Å². The van der Waals surface area contributed by atoms with Crippen LogP contribution in [0.15, 0.2) is 49.1 Å². The number of benzene rings is 1. The van der Waals surface area contributed by atoms with Crippen LogP contribution in [0.25, 0.3) is 16.9 Å². The highest BCUT2D eigenvalue weighted by Crippen LogP contribution is 2.34. The van der Waals surface area contributed by atoms with E-state index in [1.807, 2.05) is 37.3 Å². The van der Waals surface area contributed by atoms with Gasteiger partial charge in [-0.25, -0.2) is 9.97 Å². The predicted octanol–water partition coefficient (Wildman–Crippen LogP) is 1.69. The van der Waals surface area contributed by atoms with E-state index in [2.05, 4.69) is 15.0 Å². The minimum Gasteiger partial charge on any atom is -0.471 e. The number of hydrogen-bond acceptors (Lipinski definition) is 7. The molecule has 1 fully saturated rings. The van der Waals surface area contributed by atoms with Gasteiger partial charge in [0, 0.05) is 12.4 Å². The highest BCUT2D eigenvalue weighted by atomic mass is 16.6. The Kier molecular flexibility index (Phi) is 4.42. The van der Waals surface area contributed by atoms with E-state index in [0.717, 1.165) is 5.56 Å². The van der Waals surface area contributed by atoms with Crippen LogP contribution in [0.2, 0.25) is 0 Å². The van der Waals surface area contributed by atoms with Gasteiger partial charge in [0.15, 0.2) is 17.4 Å². The van der Waals surface area contributed by atoms with Gasteiger partial charge in [-0.2, -0.15) is 4.98 Å². The van der Waals surface area contributed by atoms with E-state index in [4.69, 9.17) is 9.47 Å². The Morgan fingerprint density at radius 1 is 1.14 bits per heavy atom. The van der Waals surface area contributed by atoms with Crippen LogP contribution in [-0.4, -0.2) is 52.4 Å². The highest BCUT2D eigenvalue weighted by molar-refractivity contribution is 5.79. The summed E-state index contributed by atoms with van der Waals surface area (Å²) in [5.74, 6) is 0.795. The fraction of sp³-hybridized carbons (Fsp3) is 0.350. The van der Waals surface area contributed by atoms with Crippen LogP contribution in [0.1, 0.15) is 25.1 Å². The molecule has 150 valence electrons. The lowest BCUT2D eigenvalue weighted by Gasteiger charge is -2.17. The summed E-state index contributed by atoms with van der Waals surface area (Å²) in [5, 5.41) is 20.8. The Labute approximate surface area is 166 Å². The second kappa shape index (κ2) is 7.11. The summed E-state index contributed by atoms with van der Waals surface area (Å²) in [7, 11) is 0. The molecule has 1 aromatic carbocycles. The minimum atomic E-state index is -1.07. The summed E-state index contributed by atoms with van der Waals surface area (Å²) in [5.41, 5.74) is 2.16. The number of hydrogen-bond donors (Lipinski definition) is 2. The lowest BCUT2D eigenvalue weighted by atomic mass is 10.1. The molecule has 0 bridgehead atoms. The third-order valence-electron chi connectivity index (χ3n) is 5.25. The molecule has 1 aliphatic heterocycles. The summed E-state index contributed by atoms with van der Waals surface area (Å²) < 4.78 is 15.3. The summed E-state index contributed by atoms with van der Waals surface area (Å²) in [6.45, 7) is 2.24. The Hall–Kier alpha value is -3.01. The standard InChI is InChI=1S/C20H21N5O4/c1-2-13-15(26)16(27)19(29-13)25-11-22-14-17(28-10-12-6-4-3-5-7-12)23-20-21-8-9-24(20)18(14)25/h3-9,11,13,15-16,19,26-27H,2,10H2,1H3/t13-,15-,16-,19-/m1/s1. The van der Waals surface area contributed by atoms with Crippen molar-refractivity contribution < 1.29 is 19.7 Å². The molecule has 1 saturated heterocycles. The number of aromatic nitrogens is 5. The van der Waals surface area contributed by atoms with Gasteiger partial charge in [0.2, 0.25) is 11.7 Å². The fourth-order valence-electron chi connectivity index (χ4n) is 3.74. The number of rotatable bonds is 5. The molecule has 4 aromatic rings. The maximum absolute atomic E-state index is 10.5. The van der Waals surface area contributed by atoms with Crippen molar-refractivity contribution in [1.82, 2.24) is 23.9 Å². The molecule has 0 spiro atoms. The average Bonchev–Trinajstić information content (AvgIpc) is 3.45. The quantitative estimate of drug-likeness (QED) is 0.529. The van der Waals surface area contributed by atoms with Crippen molar-refractivity contribution in [3.8, 4) is 5.88 Å². The van der Waals surface area contributed by atoms with Gasteiger partial charge in [0.05, 0.1) is 12.4 Å². The Bertz CT molecular complexity index is 1140. The summed E-state index contributed by atoms with van der Waals surface area (Å²) in [6.07, 6.45) is 2.31. The second-order valence-corrected chi connectivity index (χ2v) is 7.07. The molecule has 29 heavy (non-hydrogen) atoms. The van der Waals surface area contributed by atoms with Gasteiger partial charge in [-0.15, -0.1) is 0 Å². The monoisotopic (exact) mass is 395 g/mol. The topological polar surface area (TPSA) is 107 Å². The number of ether oxygens (including phenoxy) is 2. The molecular weight excluding hydrogens is 374 g/mol. The zero-order chi connectivity index (χ0) is 20.0. The molecule has 3 aromatic heterocycles. The van der Waals surface area contributed by atoms with Gasteiger partial charge >= 0.3 is 0 Å². The van der Waals surface area contributed by atoms with Crippen molar-refractivity contribution in [3.63, 3.8) is 0 Å². The molecule has 4 heterocycles. The molecule has 5 rings (SSSR count). The van der Waals surface area contributed by atoms with Gasteiger partial charge in [-0.05, 0) is 12.0 Å². The normalized spacial score (nSPS) is 24.5. The van der Waals surface area contributed by atoms with E-state index in [1.54, 1.807) is 27.7 Å². The largest absolute Gasteiger partial charge is 0.471 e. The molecule has 9 nitrogen and oxygen atoms in total. The molecule has 9 heteroatoms. The minimum absolute atomic E-state index is 0.339. The Morgan fingerprint density at radius 3 is 2.72 bits per heavy atom. The van der Waals surface area contributed by atoms with E-state index in [9.17, 15) is 10.2 Å². The molecule has 1 aliphatic rings. The van der Waals surface area contributed by atoms with Crippen molar-refractivity contribution in [1.29, 1.82) is 0 Å². The van der Waals surface area contributed by atoms with Crippen molar-refractivity contribution in [2.24, 2.45) is 0 Å². The first-order valence-electron chi connectivity index (χ1n) is 9.55. The number of imidazole rings is 2. The summed E-state index contributed by atoms with van der Waals surface area (Å²) in [6, 6.07) is 9.78. The zero-order valence-corrected chi connectivity index (χ0v) is 15.8. The van der Waals surface area contributed by atoms with E-state index in [0.29, 0.717) is 35.8 Å². The van der Waals surface area contributed by atoms with Crippen LogP contribution < -0.4 is 4.74 Å². The predicted molar refractivity (Wildman–Crippen MR) is 103 cm³/mol. The van der Waals surface area contributed by atoms with Gasteiger partial charge in [-0.3, -0.25) is 8.97 Å². The van der Waals surface area contributed by atoms with Crippen LogP contribution in [0.4, 0.5) is 0 Å². The molecule has 0 saturated carbocycles. The number of fused-ring (bicyclic) bond motifs is 3. The molecule has 2 N–H and O–H groups in total. The zero-order valence-electron chi connectivity index (χ0n) is 15.8. The highest BCUT2D eigenvalue weighted by Gasteiger charge is 2.43. The Morgan fingerprint density at radius 2 is 1.97 bits per heavy atom. The van der Waals surface area contributed by atoms with Crippen LogP contribution in [-0.2, 0) is 11.3 Å². The SMILES string of the molecule is CC[C@H]1O[C@@H](n2cnc3c(OCc4ccccc4)nc4nccn4c32)[C@H](O)[C@@H]1O. The summed E-state index contributed by atoms with van der Waals surface area (Å²) >= 11 is 0. The van der Waals surface area contributed by atoms with Crippen molar-refractivity contribution in [3.05, 3.63) is 54.6 Å². The average molecular weight is 395 g/mol. The van der Waals surface area contributed by atoms with Crippen molar-refractivity contribution in [2.45, 2.75) is 44.5 Å². The van der Waals surface area contributed by atoms with Crippen LogP contribution >= 0.6 is 0 Å². The maximum Gasteiger partial charge on any atom is 0.247 e. The lowest BCUT2D eigenvalue weighted by Crippen LogP contribution is -2.31. The first-order valence-corrected chi connectivity index (χ1v) is 9.55. The number of aliphatic hydroxyl groups is 2. The number of aliphatic hydroxyl groups excluding tert-OH is 2. The Balaban J connectivity index is 1.58. The van der Waals surface area contributed by atoms with Crippen LogP contribution in [0, 0.1) is 0 Å². The summed E-state index contributed by atoms with van der Waals surface area (Å²) in [4.78, 5) is 13.2. The first-order chi connectivity index (χ1) is 14.2. The third kappa shape index (κ3) is 2.94. The second-order valence-electron chi connectivity index (χ2n) is 7.07. The van der Waals surface area contributed by atoms with Crippen LogP contribution in [0.5, 0.6) is 5.88 Å². The molecular formula is C20H21N5O4. The maximum atomic E-state index is 10.5.